The van der Waals surface area contributed by atoms with Crippen molar-refractivity contribution in [3.63, 3.8) is 0 Å². The van der Waals surface area contributed by atoms with E-state index in [1.807, 2.05) is 24.3 Å². The van der Waals surface area contributed by atoms with Gasteiger partial charge in [-0.2, -0.15) is 0 Å². The fraction of sp³-hybridized carbons (Fsp3) is 0.250. The van der Waals surface area contributed by atoms with E-state index in [9.17, 15) is 0 Å². The minimum Gasteiger partial charge on any atom is -0.315 e. The predicted octanol–water partition coefficient (Wildman–Crippen LogP) is 4.84. The zero-order chi connectivity index (χ0) is 14.2. The van der Waals surface area contributed by atoms with E-state index in [1.165, 1.54) is 5.56 Å². The van der Waals surface area contributed by atoms with Crippen molar-refractivity contribution in [1.82, 2.24) is 5.32 Å². The number of hydrogen-bond donors (Lipinski definition) is 1. The molecule has 1 saturated heterocycles. The number of nitrogens with one attached hydrogen (secondary N) is 1. The van der Waals surface area contributed by atoms with Crippen LogP contribution >= 0.6 is 39.1 Å². The van der Waals surface area contributed by atoms with Crippen LogP contribution in [0.2, 0.25) is 10.0 Å². The van der Waals surface area contributed by atoms with E-state index < -0.39 is 0 Å². The number of benzene rings is 2. The van der Waals surface area contributed by atoms with Crippen LogP contribution in [-0.4, -0.2) is 13.1 Å². The second-order valence-corrected chi connectivity index (χ2v) is 6.91. The molecule has 1 fully saturated rings. The minimum atomic E-state index is 0.0642. The molecule has 20 heavy (non-hydrogen) atoms. The molecule has 0 unspecified atom stereocenters. The molecule has 3 rings (SSSR count). The Hall–Kier alpha value is -0.540. The molecule has 1 aliphatic rings. The molecule has 2 aromatic carbocycles. The smallest absolute Gasteiger partial charge is 0.0453 e. The van der Waals surface area contributed by atoms with E-state index in [0.29, 0.717) is 0 Å². The highest BCUT2D eigenvalue weighted by molar-refractivity contribution is 9.10. The third kappa shape index (κ3) is 2.50. The van der Waals surface area contributed by atoms with E-state index >= 15 is 0 Å². The maximum atomic E-state index is 6.33. The van der Waals surface area contributed by atoms with Gasteiger partial charge in [0.25, 0.3) is 0 Å². The van der Waals surface area contributed by atoms with E-state index in [0.717, 1.165) is 39.6 Å². The minimum absolute atomic E-state index is 0.0642. The van der Waals surface area contributed by atoms with Gasteiger partial charge in [0.15, 0.2) is 0 Å². The zero-order valence-corrected chi connectivity index (χ0v) is 13.9. The molecule has 0 aliphatic carbocycles. The molecular weight excluding hydrogens is 357 g/mol. The molecule has 0 radical (unpaired) electrons. The quantitative estimate of drug-likeness (QED) is 0.815. The first-order valence-corrected chi connectivity index (χ1v) is 8.06. The topological polar surface area (TPSA) is 12.0 Å². The van der Waals surface area contributed by atoms with Gasteiger partial charge in [0.2, 0.25) is 0 Å². The van der Waals surface area contributed by atoms with Crippen molar-refractivity contribution in [1.29, 1.82) is 0 Å². The van der Waals surface area contributed by atoms with Gasteiger partial charge in [-0.15, -0.1) is 0 Å². The summed E-state index contributed by atoms with van der Waals surface area (Å²) in [4.78, 5) is 0. The second kappa shape index (κ2) is 5.69. The summed E-state index contributed by atoms with van der Waals surface area (Å²) in [6, 6.07) is 14.1. The Bertz CT molecular complexity index is 618. The lowest BCUT2D eigenvalue weighted by Crippen LogP contribution is -2.58. The summed E-state index contributed by atoms with van der Waals surface area (Å²) >= 11 is 16.3. The molecule has 1 N–H and O–H groups in total. The molecule has 0 atom stereocenters. The Kier molecular flexibility index (Phi) is 4.09. The Morgan fingerprint density at radius 3 is 2.20 bits per heavy atom. The fourth-order valence-corrected chi connectivity index (χ4v) is 4.00. The van der Waals surface area contributed by atoms with Crippen LogP contribution in [0.25, 0.3) is 0 Å². The lowest BCUT2D eigenvalue weighted by Gasteiger charge is -2.44. The van der Waals surface area contributed by atoms with Gasteiger partial charge in [-0.1, -0.05) is 63.4 Å². The molecule has 0 bridgehead atoms. The van der Waals surface area contributed by atoms with Crippen LogP contribution in [0.3, 0.4) is 0 Å². The van der Waals surface area contributed by atoms with Gasteiger partial charge in [-0.25, -0.2) is 0 Å². The third-order valence-corrected chi connectivity index (χ3v) is 5.35. The Morgan fingerprint density at radius 1 is 1.00 bits per heavy atom. The Balaban J connectivity index is 2.01. The monoisotopic (exact) mass is 369 g/mol. The van der Waals surface area contributed by atoms with Crippen LogP contribution in [0, 0.1) is 0 Å². The van der Waals surface area contributed by atoms with E-state index in [2.05, 4.69) is 39.4 Å². The largest absolute Gasteiger partial charge is 0.315 e. The zero-order valence-electron chi connectivity index (χ0n) is 10.8. The van der Waals surface area contributed by atoms with Gasteiger partial charge in [-0.05, 0) is 35.7 Å². The molecule has 0 amide bonds. The second-order valence-electron chi connectivity index (χ2n) is 5.24. The first-order valence-electron chi connectivity index (χ1n) is 6.51. The van der Waals surface area contributed by atoms with Crippen molar-refractivity contribution < 1.29 is 0 Å². The number of halogens is 3. The lowest BCUT2D eigenvalue weighted by atomic mass is 9.71. The molecule has 2 aromatic rings. The average Bonchev–Trinajstić information content (AvgIpc) is 2.38. The first-order chi connectivity index (χ1) is 9.62. The summed E-state index contributed by atoms with van der Waals surface area (Å²) in [5, 5.41) is 4.87. The van der Waals surface area contributed by atoms with Crippen LogP contribution in [0.4, 0.5) is 0 Å². The maximum Gasteiger partial charge on any atom is 0.0453 e. The van der Waals surface area contributed by atoms with E-state index in [1.54, 1.807) is 0 Å². The van der Waals surface area contributed by atoms with Crippen molar-refractivity contribution in [3.05, 3.63) is 68.1 Å². The molecule has 0 spiro atoms. The molecule has 1 heterocycles. The third-order valence-electron chi connectivity index (χ3n) is 3.95. The van der Waals surface area contributed by atoms with Gasteiger partial charge >= 0.3 is 0 Å². The van der Waals surface area contributed by atoms with Crippen molar-refractivity contribution in [2.75, 3.05) is 13.1 Å². The average molecular weight is 371 g/mol. The highest BCUT2D eigenvalue weighted by Crippen LogP contribution is 2.39. The van der Waals surface area contributed by atoms with Gasteiger partial charge in [0.05, 0.1) is 0 Å². The first kappa shape index (κ1) is 14.4. The lowest BCUT2D eigenvalue weighted by molar-refractivity contribution is 0.273. The van der Waals surface area contributed by atoms with Gasteiger partial charge in [0.1, 0.15) is 0 Å². The number of hydrogen-bond acceptors (Lipinski definition) is 1. The molecule has 0 saturated carbocycles. The number of rotatable bonds is 3. The molecule has 0 aromatic heterocycles. The van der Waals surface area contributed by atoms with E-state index in [-0.39, 0.29) is 5.41 Å². The Labute approximate surface area is 137 Å². The summed E-state index contributed by atoms with van der Waals surface area (Å²) in [5.41, 5.74) is 2.41. The molecule has 4 heteroatoms. The van der Waals surface area contributed by atoms with Crippen molar-refractivity contribution in [2.45, 2.75) is 11.8 Å². The summed E-state index contributed by atoms with van der Waals surface area (Å²) in [7, 11) is 0. The van der Waals surface area contributed by atoms with Crippen LogP contribution in [-0.2, 0) is 11.8 Å². The Morgan fingerprint density at radius 2 is 1.65 bits per heavy atom. The van der Waals surface area contributed by atoms with Gasteiger partial charge < -0.3 is 5.32 Å². The highest BCUT2D eigenvalue weighted by atomic mass is 79.9. The highest BCUT2D eigenvalue weighted by Gasteiger charge is 2.40. The van der Waals surface area contributed by atoms with Crippen LogP contribution in [0.5, 0.6) is 0 Å². The van der Waals surface area contributed by atoms with Crippen LogP contribution < -0.4 is 5.32 Å². The molecule has 1 nitrogen and oxygen atoms in total. The standard InChI is InChI=1S/C16H14BrCl2N/c17-13-5-2-1-4-12(13)16(9-20-10-16)8-11-14(18)6-3-7-15(11)19/h1-7,20H,8-10H2. The van der Waals surface area contributed by atoms with Gasteiger partial charge in [-0.3, -0.25) is 0 Å². The van der Waals surface area contributed by atoms with Gasteiger partial charge in [0, 0.05) is 33.0 Å². The van der Waals surface area contributed by atoms with E-state index in [4.69, 9.17) is 23.2 Å². The van der Waals surface area contributed by atoms with Crippen LogP contribution in [0.1, 0.15) is 11.1 Å². The predicted molar refractivity (Wildman–Crippen MR) is 88.9 cm³/mol. The van der Waals surface area contributed by atoms with Crippen molar-refractivity contribution in [3.8, 4) is 0 Å². The summed E-state index contributed by atoms with van der Waals surface area (Å²) in [5.74, 6) is 0. The SMILES string of the molecule is Clc1cccc(Cl)c1CC1(c2ccccc2Br)CNC1. The molecule has 104 valence electrons. The van der Waals surface area contributed by atoms with Crippen molar-refractivity contribution >= 4 is 39.1 Å². The molecular formula is C16H14BrCl2N. The fourth-order valence-electron chi connectivity index (χ4n) is 2.77. The van der Waals surface area contributed by atoms with Crippen molar-refractivity contribution in [2.24, 2.45) is 0 Å². The maximum absolute atomic E-state index is 6.33. The summed E-state index contributed by atoms with van der Waals surface area (Å²) in [6.45, 7) is 1.88. The summed E-state index contributed by atoms with van der Waals surface area (Å²) in [6.07, 6.45) is 0.848. The van der Waals surface area contributed by atoms with Crippen LogP contribution in [0.15, 0.2) is 46.9 Å². The molecule has 1 aliphatic heterocycles. The normalized spacial score (nSPS) is 16.8. The summed E-state index contributed by atoms with van der Waals surface area (Å²) < 4.78 is 1.14.